The second-order valence-electron chi connectivity index (χ2n) is 5.23. The van der Waals surface area contributed by atoms with E-state index < -0.39 is 0 Å². The Balaban J connectivity index is 1.86. The number of hydrogen-bond donors (Lipinski definition) is 1. The molecule has 0 saturated carbocycles. The van der Waals surface area contributed by atoms with Crippen molar-refractivity contribution in [2.24, 2.45) is 0 Å². The van der Waals surface area contributed by atoms with Crippen molar-refractivity contribution in [1.29, 1.82) is 0 Å². The largest absolute Gasteiger partial charge is 0.494 e. The molecule has 3 heteroatoms. The van der Waals surface area contributed by atoms with E-state index in [2.05, 4.69) is 41.4 Å². The summed E-state index contributed by atoms with van der Waals surface area (Å²) in [4.78, 5) is 2.52. The minimum Gasteiger partial charge on any atom is -0.494 e. The highest BCUT2D eigenvalue weighted by Crippen LogP contribution is 2.15. The molecule has 1 fully saturated rings. The van der Waals surface area contributed by atoms with Gasteiger partial charge >= 0.3 is 0 Å². The summed E-state index contributed by atoms with van der Waals surface area (Å²) in [6, 6.07) is 8.55. The first-order valence-electron chi connectivity index (χ1n) is 7.53. The molecule has 1 saturated heterocycles. The predicted molar refractivity (Wildman–Crippen MR) is 79.6 cm³/mol. The van der Waals surface area contributed by atoms with Gasteiger partial charge in [-0.25, -0.2) is 0 Å². The molecule has 1 heterocycles. The van der Waals surface area contributed by atoms with Gasteiger partial charge in [0.05, 0.1) is 6.61 Å². The van der Waals surface area contributed by atoms with E-state index in [4.69, 9.17) is 4.74 Å². The number of unbranched alkanes of at least 4 members (excludes halogenated alkanes) is 1. The van der Waals surface area contributed by atoms with Crippen molar-refractivity contribution in [2.75, 3.05) is 32.8 Å². The summed E-state index contributed by atoms with van der Waals surface area (Å²) in [5.41, 5.74) is 1.36. The molecule has 0 radical (unpaired) electrons. The van der Waals surface area contributed by atoms with Crippen LogP contribution < -0.4 is 10.1 Å². The highest BCUT2D eigenvalue weighted by molar-refractivity contribution is 5.28. The van der Waals surface area contributed by atoms with E-state index in [-0.39, 0.29) is 0 Å². The van der Waals surface area contributed by atoms with E-state index in [1.165, 1.54) is 24.9 Å². The predicted octanol–water partition coefficient (Wildman–Crippen LogP) is 2.66. The van der Waals surface area contributed by atoms with Crippen LogP contribution in [0.5, 0.6) is 5.75 Å². The number of nitrogens with one attached hydrogen (secondary N) is 1. The number of benzene rings is 1. The van der Waals surface area contributed by atoms with Crippen LogP contribution in [0.25, 0.3) is 0 Å². The van der Waals surface area contributed by atoms with Gasteiger partial charge in [-0.3, -0.25) is 4.90 Å². The average molecular weight is 262 g/mol. The zero-order chi connectivity index (χ0) is 13.3. The zero-order valence-electron chi connectivity index (χ0n) is 12.0. The van der Waals surface area contributed by atoms with E-state index >= 15 is 0 Å². The lowest BCUT2D eigenvalue weighted by atomic mass is 10.2. The Morgan fingerprint density at radius 1 is 1.26 bits per heavy atom. The van der Waals surface area contributed by atoms with Crippen LogP contribution in [0.15, 0.2) is 24.3 Å². The molecule has 3 nitrogen and oxygen atoms in total. The summed E-state index contributed by atoms with van der Waals surface area (Å²) in [6.45, 7) is 8.63. The Kier molecular flexibility index (Phi) is 6.18. The topological polar surface area (TPSA) is 24.5 Å². The van der Waals surface area contributed by atoms with Crippen molar-refractivity contribution in [3.05, 3.63) is 29.8 Å². The van der Waals surface area contributed by atoms with Gasteiger partial charge < -0.3 is 10.1 Å². The van der Waals surface area contributed by atoms with Crippen LogP contribution in [0.2, 0.25) is 0 Å². The third kappa shape index (κ3) is 5.21. The second-order valence-corrected chi connectivity index (χ2v) is 5.23. The lowest BCUT2D eigenvalue weighted by Crippen LogP contribution is -2.27. The van der Waals surface area contributed by atoms with Gasteiger partial charge in [0.15, 0.2) is 0 Å². The van der Waals surface area contributed by atoms with E-state index in [0.29, 0.717) is 0 Å². The third-order valence-corrected chi connectivity index (χ3v) is 3.50. The molecule has 19 heavy (non-hydrogen) atoms. The highest BCUT2D eigenvalue weighted by Gasteiger charge is 2.09. The van der Waals surface area contributed by atoms with Crippen LogP contribution >= 0.6 is 0 Å². The van der Waals surface area contributed by atoms with Gasteiger partial charge in [-0.1, -0.05) is 25.5 Å². The van der Waals surface area contributed by atoms with E-state index in [0.717, 1.165) is 45.0 Å². The van der Waals surface area contributed by atoms with Crippen molar-refractivity contribution in [1.82, 2.24) is 10.2 Å². The number of ether oxygens (including phenoxy) is 1. The van der Waals surface area contributed by atoms with Gasteiger partial charge in [-0.15, -0.1) is 0 Å². The smallest absolute Gasteiger partial charge is 0.119 e. The summed E-state index contributed by atoms with van der Waals surface area (Å²) in [5.74, 6) is 1.01. The van der Waals surface area contributed by atoms with Gasteiger partial charge in [0.2, 0.25) is 0 Å². The van der Waals surface area contributed by atoms with Gasteiger partial charge in [-0.05, 0) is 43.6 Å². The first kappa shape index (κ1) is 14.4. The molecule has 1 aromatic carbocycles. The fourth-order valence-corrected chi connectivity index (χ4v) is 2.39. The van der Waals surface area contributed by atoms with Crippen LogP contribution in [0.1, 0.15) is 31.7 Å². The van der Waals surface area contributed by atoms with E-state index in [1.807, 2.05) is 0 Å². The molecule has 1 aromatic rings. The van der Waals surface area contributed by atoms with Gasteiger partial charge in [0.25, 0.3) is 0 Å². The lowest BCUT2D eigenvalue weighted by molar-refractivity contribution is 0.282. The summed E-state index contributed by atoms with van der Waals surface area (Å²) in [5, 5.41) is 3.44. The fraction of sp³-hybridized carbons (Fsp3) is 0.625. The second kappa shape index (κ2) is 8.18. The van der Waals surface area contributed by atoms with Crippen molar-refractivity contribution in [2.45, 2.75) is 32.7 Å². The Morgan fingerprint density at radius 3 is 3.11 bits per heavy atom. The molecular weight excluding hydrogens is 236 g/mol. The van der Waals surface area contributed by atoms with E-state index in [9.17, 15) is 0 Å². The quantitative estimate of drug-likeness (QED) is 0.798. The standard InChI is InChI=1S/C16H26N2O/c1-2-3-12-19-16-7-4-6-15(13-16)14-18-10-5-8-17-9-11-18/h4,6-7,13,17H,2-3,5,8-12,14H2,1H3. The van der Waals surface area contributed by atoms with Crippen molar-refractivity contribution < 1.29 is 4.74 Å². The highest BCUT2D eigenvalue weighted by atomic mass is 16.5. The first-order valence-corrected chi connectivity index (χ1v) is 7.53. The number of hydrogen-bond acceptors (Lipinski definition) is 3. The molecule has 1 aliphatic heterocycles. The van der Waals surface area contributed by atoms with Gasteiger partial charge in [0.1, 0.15) is 5.75 Å². The molecule has 0 bridgehead atoms. The fourth-order valence-electron chi connectivity index (χ4n) is 2.39. The maximum atomic E-state index is 5.77. The first-order chi connectivity index (χ1) is 9.38. The zero-order valence-corrected chi connectivity index (χ0v) is 12.0. The van der Waals surface area contributed by atoms with Crippen LogP contribution in [-0.2, 0) is 6.54 Å². The summed E-state index contributed by atoms with van der Waals surface area (Å²) < 4.78 is 5.77. The van der Waals surface area contributed by atoms with Gasteiger partial charge in [0, 0.05) is 19.6 Å². The molecule has 0 amide bonds. The monoisotopic (exact) mass is 262 g/mol. The van der Waals surface area contributed by atoms with Crippen molar-refractivity contribution >= 4 is 0 Å². The Bertz CT molecular complexity index is 360. The van der Waals surface area contributed by atoms with Gasteiger partial charge in [-0.2, -0.15) is 0 Å². The Labute approximate surface area is 116 Å². The van der Waals surface area contributed by atoms with Crippen LogP contribution in [0.3, 0.4) is 0 Å². The molecule has 0 aromatic heterocycles. The van der Waals surface area contributed by atoms with Crippen molar-refractivity contribution in [3.63, 3.8) is 0 Å². The minimum atomic E-state index is 0.827. The molecular formula is C16H26N2O. The average Bonchev–Trinajstić information content (AvgIpc) is 2.68. The molecule has 1 aliphatic rings. The molecule has 0 atom stereocenters. The van der Waals surface area contributed by atoms with Crippen molar-refractivity contribution in [3.8, 4) is 5.75 Å². The molecule has 1 N–H and O–H groups in total. The van der Waals surface area contributed by atoms with Crippen LogP contribution in [0, 0.1) is 0 Å². The summed E-state index contributed by atoms with van der Waals surface area (Å²) >= 11 is 0. The summed E-state index contributed by atoms with van der Waals surface area (Å²) in [6.07, 6.45) is 3.55. The van der Waals surface area contributed by atoms with Crippen LogP contribution in [-0.4, -0.2) is 37.7 Å². The third-order valence-electron chi connectivity index (χ3n) is 3.50. The summed E-state index contributed by atoms with van der Waals surface area (Å²) in [7, 11) is 0. The number of nitrogens with zero attached hydrogens (tertiary/aromatic N) is 1. The lowest BCUT2D eigenvalue weighted by Gasteiger charge is -2.19. The minimum absolute atomic E-state index is 0.827. The maximum Gasteiger partial charge on any atom is 0.119 e. The van der Waals surface area contributed by atoms with Crippen LogP contribution in [0.4, 0.5) is 0 Å². The molecule has 0 aliphatic carbocycles. The SMILES string of the molecule is CCCCOc1cccc(CN2CCCNCC2)c1. The Hall–Kier alpha value is -1.06. The molecule has 2 rings (SSSR count). The maximum absolute atomic E-state index is 5.77. The molecule has 106 valence electrons. The van der Waals surface area contributed by atoms with E-state index in [1.54, 1.807) is 0 Å². The normalized spacial score (nSPS) is 17.1. The molecule has 0 unspecified atom stereocenters. The molecule has 0 spiro atoms. The number of rotatable bonds is 6. The Morgan fingerprint density at radius 2 is 2.21 bits per heavy atom.